The Balaban J connectivity index is 2.27. The number of nitrogens with one attached hydrogen (secondary N) is 1. The lowest BCUT2D eigenvalue weighted by molar-refractivity contribution is -0.118. The van der Waals surface area contributed by atoms with Gasteiger partial charge in [-0.2, -0.15) is 0 Å². The van der Waals surface area contributed by atoms with Crippen LogP contribution < -0.4 is 10.9 Å². The number of carbonyl (C=O) groups excluding carboxylic acids is 1. The molecule has 7 nitrogen and oxygen atoms in total. The third kappa shape index (κ3) is 2.61. The molecule has 0 radical (unpaired) electrons. The molecule has 1 aromatic carbocycles. The van der Waals surface area contributed by atoms with Gasteiger partial charge in [-0.15, -0.1) is 16.8 Å². The molecule has 0 spiro atoms. The zero-order chi connectivity index (χ0) is 16.4. The Hall–Kier alpha value is -2.61. The third-order valence-corrected chi connectivity index (χ3v) is 4.33. The maximum absolute atomic E-state index is 12.6. The van der Waals surface area contributed by atoms with Gasteiger partial charge in [0.15, 0.2) is 5.16 Å². The number of allylic oxidation sites excluding steroid dienone is 1. The molecule has 2 aromatic heterocycles. The van der Waals surface area contributed by atoms with Crippen molar-refractivity contribution < 1.29 is 4.79 Å². The van der Waals surface area contributed by atoms with Gasteiger partial charge in [-0.25, -0.2) is 0 Å². The first-order valence-electron chi connectivity index (χ1n) is 6.98. The number of hydrogen-bond acceptors (Lipinski definition) is 5. The van der Waals surface area contributed by atoms with Crippen molar-refractivity contribution >= 4 is 34.3 Å². The molecule has 0 saturated carbocycles. The van der Waals surface area contributed by atoms with Crippen molar-refractivity contribution in [3.63, 3.8) is 0 Å². The molecule has 3 aromatic rings. The molecular weight excluding hydrogens is 314 g/mol. The molecule has 2 heterocycles. The van der Waals surface area contributed by atoms with E-state index in [9.17, 15) is 9.59 Å². The van der Waals surface area contributed by atoms with E-state index in [0.717, 1.165) is 5.52 Å². The lowest BCUT2D eigenvalue weighted by Gasteiger charge is -2.09. The molecule has 118 valence electrons. The van der Waals surface area contributed by atoms with Crippen molar-refractivity contribution in [1.82, 2.24) is 24.5 Å². The first-order chi connectivity index (χ1) is 11.2. The van der Waals surface area contributed by atoms with E-state index >= 15 is 0 Å². The molecule has 0 aliphatic rings. The molecule has 0 atom stereocenters. The van der Waals surface area contributed by atoms with Crippen molar-refractivity contribution in [3.8, 4) is 0 Å². The van der Waals surface area contributed by atoms with Crippen molar-refractivity contribution in [2.24, 2.45) is 0 Å². The van der Waals surface area contributed by atoms with Gasteiger partial charge in [-0.3, -0.25) is 18.6 Å². The van der Waals surface area contributed by atoms with Crippen LogP contribution in [0.3, 0.4) is 0 Å². The highest BCUT2D eigenvalue weighted by molar-refractivity contribution is 7.99. The molecule has 0 aliphatic carbocycles. The summed E-state index contributed by atoms with van der Waals surface area (Å²) >= 11 is 1.27. The molecule has 0 fully saturated rings. The van der Waals surface area contributed by atoms with E-state index < -0.39 is 0 Å². The monoisotopic (exact) mass is 329 g/mol. The van der Waals surface area contributed by atoms with E-state index in [2.05, 4.69) is 22.1 Å². The molecule has 0 saturated heterocycles. The topological polar surface area (TPSA) is 81.3 Å². The number of aromatic nitrogens is 4. The van der Waals surface area contributed by atoms with E-state index in [1.807, 2.05) is 18.2 Å². The van der Waals surface area contributed by atoms with Crippen molar-refractivity contribution in [1.29, 1.82) is 0 Å². The average molecular weight is 329 g/mol. The maximum Gasteiger partial charge on any atom is 0.263 e. The van der Waals surface area contributed by atoms with Crippen LogP contribution in [0.25, 0.3) is 16.7 Å². The maximum atomic E-state index is 12.6. The van der Waals surface area contributed by atoms with Crippen LogP contribution in [0, 0.1) is 0 Å². The zero-order valence-electron chi connectivity index (χ0n) is 12.5. The van der Waals surface area contributed by atoms with Crippen molar-refractivity contribution in [2.45, 2.75) is 11.7 Å². The van der Waals surface area contributed by atoms with Crippen molar-refractivity contribution in [3.05, 3.63) is 47.3 Å². The summed E-state index contributed by atoms with van der Waals surface area (Å²) in [7, 11) is 1.59. The Labute approximate surface area is 136 Å². The fourth-order valence-corrected chi connectivity index (χ4v) is 3.14. The largest absolute Gasteiger partial charge is 0.358 e. The molecular formula is C15H15N5O2S. The van der Waals surface area contributed by atoms with Gasteiger partial charge in [0, 0.05) is 13.6 Å². The van der Waals surface area contributed by atoms with E-state index in [4.69, 9.17) is 0 Å². The van der Waals surface area contributed by atoms with Gasteiger partial charge in [0.05, 0.1) is 16.7 Å². The highest BCUT2D eigenvalue weighted by atomic mass is 32.2. The van der Waals surface area contributed by atoms with Crippen LogP contribution in [-0.4, -0.2) is 37.9 Å². The van der Waals surface area contributed by atoms with Gasteiger partial charge < -0.3 is 5.32 Å². The fourth-order valence-electron chi connectivity index (χ4n) is 2.32. The number of carbonyl (C=O) groups is 1. The second-order valence-electron chi connectivity index (χ2n) is 4.80. The summed E-state index contributed by atoms with van der Waals surface area (Å²) in [5, 5.41) is 12.0. The Morgan fingerprint density at radius 1 is 1.39 bits per heavy atom. The van der Waals surface area contributed by atoms with Crippen LogP contribution in [0.1, 0.15) is 0 Å². The molecule has 0 unspecified atom stereocenters. The molecule has 23 heavy (non-hydrogen) atoms. The summed E-state index contributed by atoms with van der Waals surface area (Å²) in [6.07, 6.45) is 1.64. The van der Waals surface area contributed by atoms with Gasteiger partial charge >= 0.3 is 0 Å². The summed E-state index contributed by atoms with van der Waals surface area (Å²) < 4.78 is 3.32. The minimum Gasteiger partial charge on any atom is -0.358 e. The van der Waals surface area contributed by atoms with E-state index in [1.165, 1.54) is 16.3 Å². The first-order valence-corrected chi connectivity index (χ1v) is 7.97. The van der Waals surface area contributed by atoms with Crippen molar-refractivity contribution in [2.75, 3.05) is 12.8 Å². The lowest BCUT2D eigenvalue weighted by Crippen LogP contribution is -2.23. The van der Waals surface area contributed by atoms with Crippen LogP contribution in [0.5, 0.6) is 0 Å². The van der Waals surface area contributed by atoms with Crippen LogP contribution in [0.2, 0.25) is 0 Å². The summed E-state index contributed by atoms with van der Waals surface area (Å²) in [5.41, 5.74) is 0.584. The number of nitrogens with zero attached hydrogens (tertiary/aromatic N) is 4. The minimum absolute atomic E-state index is 0.101. The summed E-state index contributed by atoms with van der Waals surface area (Å²) in [4.78, 5) is 24.1. The smallest absolute Gasteiger partial charge is 0.263 e. The highest BCUT2D eigenvalue weighted by Gasteiger charge is 2.16. The number of benzene rings is 1. The number of thioether (sulfide) groups is 1. The lowest BCUT2D eigenvalue weighted by atomic mass is 10.2. The molecule has 0 bridgehead atoms. The van der Waals surface area contributed by atoms with Gasteiger partial charge in [0.25, 0.3) is 5.56 Å². The molecule has 8 heteroatoms. The summed E-state index contributed by atoms with van der Waals surface area (Å²) in [6.45, 7) is 4.02. The Morgan fingerprint density at radius 3 is 2.91 bits per heavy atom. The molecule has 0 aliphatic heterocycles. The van der Waals surface area contributed by atoms with E-state index in [-0.39, 0.29) is 17.2 Å². The predicted octanol–water partition coefficient (Wildman–Crippen LogP) is 1.07. The van der Waals surface area contributed by atoms with Crippen LogP contribution in [0.15, 0.2) is 46.9 Å². The number of hydrogen-bond donors (Lipinski definition) is 1. The SMILES string of the molecule is C=CCn1c(=O)c2ccccc2n2c(SCC(=O)NC)nnc12. The van der Waals surface area contributed by atoms with E-state index in [0.29, 0.717) is 22.9 Å². The second-order valence-corrected chi connectivity index (χ2v) is 5.74. The average Bonchev–Trinajstić information content (AvgIpc) is 3.00. The minimum atomic E-state index is -0.136. The third-order valence-electron chi connectivity index (χ3n) is 3.40. The molecule has 3 rings (SSSR count). The number of rotatable bonds is 5. The normalized spacial score (nSPS) is 11.0. The number of fused-ring (bicyclic) bond motifs is 3. The second kappa shape index (κ2) is 6.25. The summed E-state index contributed by atoms with van der Waals surface area (Å²) in [6, 6.07) is 7.28. The van der Waals surface area contributed by atoms with Gasteiger partial charge in [0.1, 0.15) is 0 Å². The fraction of sp³-hybridized carbons (Fsp3) is 0.200. The van der Waals surface area contributed by atoms with Gasteiger partial charge in [0.2, 0.25) is 11.7 Å². The molecule has 1 N–H and O–H groups in total. The van der Waals surface area contributed by atoms with Gasteiger partial charge in [-0.05, 0) is 12.1 Å². The Morgan fingerprint density at radius 2 is 2.17 bits per heavy atom. The van der Waals surface area contributed by atoms with Gasteiger partial charge in [-0.1, -0.05) is 30.0 Å². The van der Waals surface area contributed by atoms with Crippen LogP contribution in [-0.2, 0) is 11.3 Å². The van der Waals surface area contributed by atoms with E-state index in [1.54, 1.807) is 23.6 Å². The number of amides is 1. The number of para-hydroxylation sites is 1. The predicted molar refractivity (Wildman–Crippen MR) is 89.7 cm³/mol. The van der Waals surface area contributed by atoms with Crippen LogP contribution >= 0.6 is 11.8 Å². The standard InChI is InChI=1S/C15H15N5O2S/c1-3-8-19-13(22)10-6-4-5-7-11(10)20-14(19)17-18-15(20)23-9-12(21)16-2/h3-7H,1,8-9H2,2H3,(H,16,21). The highest BCUT2D eigenvalue weighted by Crippen LogP contribution is 2.21. The summed E-state index contributed by atoms with van der Waals surface area (Å²) in [5.74, 6) is 0.565. The van der Waals surface area contributed by atoms with Crippen LogP contribution in [0.4, 0.5) is 0 Å². The zero-order valence-corrected chi connectivity index (χ0v) is 13.3. The Kier molecular flexibility index (Phi) is 4.16. The quantitative estimate of drug-likeness (QED) is 0.559. The molecule has 1 amide bonds. The Bertz CT molecular complexity index is 960. The first kappa shape index (κ1) is 15.3.